The molecule has 0 aliphatic rings. The molecule has 142 valence electrons. The lowest BCUT2D eigenvalue weighted by Crippen LogP contribution is -2.19. The van der Waals surface area contributed by atoms with Crippen LogP contribution in [0.3, 0.4) is 0 Å². The van der Waals surface area contributed by atoms with Crippen LogP contribution in [0.1, 0.15) is 10.4 Å². The van der Waals surface area contributed by atoms with Crippen LogP contribution in [0.15, 0.2) is 42.5 Å². The van der Waals surface area contributed by atoms with Crippen LogP contribution in [0.25, 0.3) is 0 Å². The van der Waals surface area contributed by atoms with Crippen molar-refractivity contribution in [2.24, 2.45) is 0 Å². The summed E-state index contributed by atoms with van der Waals surface area (Å²) in [7, 11) is -0.475. The number of sulfonamides is 1. The number of carbonyl (C=O) groups is 1. The number of benzene rings is 2. The summed E-state index contributed by atoms with van der Waals surface area (Å²) in [5, 5.41) is 2.78. The molecular formula is C17H21ClN2O5S. The summed E-state index contributed by atoms with van der Waals surface area (Å²) in [5.41, 5.74) is 0.478. The Kier molecular flexibility index (Phi) is 7.88. The number of ketones is 1. The molecule has 2 N–H and O–H groups in total. The fourth-order valence-electron chi connectivity index (χ4n) is 2.18. The van der Waals surface area contributed by atoms with Crippen LogP contribution in [0.2, 0.25) is 0 Å². The smallest absolute Gasteiger partial charge is 0.229 e. The van der Waals surface area contributed by atoms with Gasteiger partial charge in [-0.05, 0) is 25.2 Å². The number of ether oxygens (including phenoxy) is 2. The molecule has 2 aromatic carbocycles. The molecule has 0 heterocycles. The number of para-hydroxylation sites is 1. The summed E-state index contributed by atoms with van der Waals surface area (Å²) in [6.45, 7) is 0.111. The number of halogens is 1. The van der Waals surface area contributed by atoms with Crippen molar-refractivity contribution >= 4 is 33.9 Å². The molecule has 0 saturated carbocycles. The molecule has 0 aliphatic heterocycles. The Labute approximate surface area is 159 Å². The molecule has 26 heavy (non-hydrogen) atoms. The molecule has 0 saturated heterocycles. The van der Waals surface area contributed by atoms with E-state index in [1.54, 1.807) is 31.3 Å². The lowest BCUT2D eigenvalue weighted by Gasteiger charge is -2.16. The van der Waals surface area contributed by atoms with Gasteiger partial charge in [-0.2, -0.15) is 0 Å². The summed E-state index contributed by atoms with van der Waals surface area (Å²) >= 11 is 0. The van der Waals surface area contributed by atoms with Crippen LogP contribution in [-0.2, 0) is 10.0 Å². The highest BCUT2D eigenvalue weighted by Crippen LogP contribution is 2.36. The average molecular weight is 401 g/mol. The predicted molar refractivity (Wildman–Crippen MR) is 103 cm³/mol. The Morgan fingerprint density at radius 3 is 2.31 bits per heavy atom. The minimum Gasteiger partial charge on any atom is -0.496 e. The average Bonchev–Trinajstić information content (AvgIpc) is 2.55. The first kappa shape index (κ1) is 21.8. The van der Waals surface area contributed by atoms with Gasteiger partial charge in [-0.15, -0.1) is 12.4 Å². The van der Waals surface area contributed by atoms with Crippen LogP contribution < -0.4 is 19.5 Å². The van der Waals surface area contributed by atoms with Gasteiger partial charge in [0.25, 0.3) is 0 Å². The van der Waals surface area contributed by atoms with Crippen molar-refractivity contribution in [3.05, 3.63) is 48.0 Å². The first-order valence-corrected chi connectivity index (χ1v) is 9.33. The van der Waals surface area contributed by atoms with Crippen molar-refractivity contribution in [2.45, 2.75) is 0 Å². The molecule has 0 amide bonds. The highest BCUT2D eigenvalue weighted by atomic mass is 35.5. The van der Waals surface area contributed by atoms with Gasteiger partial charge in [0.05, 0.1) is 31.2 Å². The van der Waals surface area contributed by atoms with Crippen LogP contribution in [-0.4, -0.2) is 41.2 Å². The Morgan fingerprint density at radius 2 is 1.77 bits per heavy atom. The third kappa shape index (κ3) is 5.91. The third-order valence-electron chi connectivity index (χ3n) is 3.21. The fourth-order valence-corrected chi connectivity index (χ4v) is 2.74. The van der Waals surface area contributed by atoms with E-state index in [2.05, 4.69) is 10.0 Å². The van der Waals surface area contributed by atoms with E-state index in [1.165, 1.54) is 19.2 Å². The standard InChI is InChI=1S/C17H20N2O5S.ClH/c1-18-11-15(20)13-9-17(24-12-7-5-4-6-8-12)14(10-16(13)23-2)19-25(3,21)22;/h4-10,18-19H,11H2,1-3H3;1H. The van der Waals surface area contributed by atoms with E-state index < -0.39 is 10.0 Å². The van der Waals surface area contributed by atoms with Gasteiger partial charge in [-0.3, -0.25) is 9.52 Å². The second-order valence-electron chi connectivity index (χ2n) is 5.29. The largest absolute Gasteiger partial charge is 0.496 e. The van der Waals surface area contributed by atoms with Crippen molar-refractivity contribution in [1.82, 2.24) is 5.32 Å². The van der Waals surface area contributed by atoms with Crippen LogP contribution in [0.5, 0.6) is 17.2 Å². The zero-order valence-electron chi connectivity index (χ0n) is 14.6. The van der Waals surface area contributed by atoms with E-state index in [1.807, 2.05) is 6.07 Å². The second-order valence-corrected chi connectivity index (χ2v) is 7.04. The lowest BCUT2D eigenvalue weighted by atomic mass is 10.1. The van der Waals surface area contributed by atoms with E-state index in [9.17, 15) is 13.2 Å². The van der Waals surface area contributed by atoms with Crippen molar-refractivity contribution in [2.75, 3.05) is 31.7 Å². The van der Waals surface area contributed by atoms with Gasteiger partial charge in [0.1, 0.15) is 11.5 Å². The minimum atomic E-state index is -3.54. The van der Waals surface area contributed by atoms with Gasteiger partial charge in [0.15, 0.2) is 11.5 Å². The lowest BCUT2D eigenvalue weighted by molar-refractivity contribution is 0.0990. The van der Waals surface area contributed by atoms with E-state index in [0.29, 0.717) is 11.3 Å². The molecule has 0 aromatic heterocycles. The van der Waals surface area contributed by atoms with Crippen molar-refractivity contribution in [3.8, 4) is 17.2 Å². The van der Waals surface area contributed by atoms with Crippen molar-refractivity contribution in [3.63, 3.8) is 0 Å². The number of hydrogen-bond donors (Lipinski definition) is 2. The molecule has 0 radical (unpaired) electrons. The summed E-state index contributed by atoms with van der Waals surface area (Å²) in [6, 6.07) is 11.8. The number of carbonyl (C=O) groups excluding carboxylic acids is 1. The number of rotatable bonds is 8. The Balaban J connectivity index is 0.00000338. The van der Waals surface area contributed by atoms with Gasteiger partial charge in [-0.25, -0.2) is 8.42 Å². The summed E-state index contributed by atoms with van der Waals surface area (Å²) in [5.74, 6) is 0.767. The Morgan fingerprint density at radius 1 is 1.12 bits per heavy atom. The highest BCUT2D eigenvalue weighted by Gasteiger charge is 2.19. The predicted octanol–water partition coefficient (Wildman–Crippen LogP) is 2.68. The fraction of sp³-hybridized carbons (Fsp3) is 0.235. The first-order valence-electron chi connectivity index (χ1n) is 7.44. The molecule has 0 bridgehead atoms. The second kappa shape index (κ2) is 9.42. The van der Waals surface area contributed by atoms with Gasteiger partial charge in [0, 0.05) is 6.07 Å². The normalized spacial score (nSPS) is 10.6. The highest BCUT2D eigenvalue weighted by molar-refractivity contribution is 7.92. The topological polar surface area (TPSA) is 93.7 Å². The Hall–Kier alpha value is -2.29. The van der Waals surface area contributed by atoms with Crippen LogP contribution >= 0.6 is 12.4 Å². The molecular weight excluding hydrogens is 380 g/mol. The number of methoxy groups -OCH3 is 1. The number of nitrogens with one attached hydrogen (secondary N) is 2. The van der Waals surface area contributed by atoms with Crippen molar-refractivity contribution < 1.29 is 22.7 Å². The maximum Gasteiger partial charge on any atom is 0.229 e. The summed E-state index contributed by atoms with van der Waals surface area (Å²) in [6.07, 6.45) is 1.03. The molecule has 0 atom stereocenters. The molecule has 7 nitrogen and oxygen atoms in total. The molecule has 0 unspecified atom stereocenters. The Bertz CT molecular complexity index is 857. The number of hydrogen-bond acceptors (Lipinski definition) is 6. The van der Waals surface area contributed by atoms with Gasteiger partial charge in [0.2, 0.25) is 10.0 Å². The molecule has 9 heteroatoms. The van der Waals surface area contributed by atoms with Gasteiger partial charge >= 0.3 is 0 Å². The van der Waals surface area contributed by atoms with E-state index in [-0.39, 0.29) is 41.9 Å². The SMILES string of the molecule is CNCC(=O)c1cc(Oc2ccccc2)c(NS(C)(=O)=O)cc1OC.Cl. The summed E-state index contributed by atoms with van der Waals surface area (Å²) in [4.78, 5) is 12.3. The maximum absolute atomic E-state index is 12.3. The molecule has 0 aliphatic carbocycles. The first-order chi connectivity index (χ1) is 11.8. The van der Waals surface area contributed by atoms with Gasteiger partial charge < -0.3 is 14.8 Å². The molecule has 2 aromatic rings. The number of anilines is 1. The maximum atomic E-state index is 12.3. The zero-order chi connectivity index (χ0) is 18.4. The van der Waals surface area contributed by atoms with E-state index in [4.69, 9.17) is 9.47 Å². The van der Waals surface area contributed by atoms with Gasteiger partial charge in [-0.1, -0.05) is 18.2 Å². The zero-order valence-corrected chi connectivity index (χ0v) is 16.2. The van der Waals surface area contributed by atoms with Crippen LogP contribution in [0, 0.1) is 0 Å². The number of Topliss-reactive ketones (excluding diaryl/α,β-unsaturated/α-hetero) is 1. The van der Waals surface area contributed by atoms with Crippen LogP contribution in [0.4, 0.5) is 5.69 Å². The molecule has 2 rings (SSSR count). The van der Waals surface area contributed by atoms with E-state index in [0.717, 1.165) is 6.26 Å². The third-order valence-corrected chi connectivity index (χ3v) is 3.80. The number of likely N-dealkylation sites (N-methyl/N-ethyl adjacent to an activating group) is 1. The minimum absolute atomic E-state index is 0. The molecule has 0 spiro atoms. The quantitative estimate of drug-likeness (QED) is 0.661. The molecule has 0 fully saturated rings. The monoisotopic (exact) mass is 400 g/mol. The van der Waals surface area contributed by atoms with Crippen molar-refractivity contribution in [1.29, 1.82) is 0 Å². The summed E-state index contributed by atoms with van der Waals surface area (Å²) < 4.78 is 36.7. The van der Waals surface area contributed by atoms with E-state index >= 15 is 0 Å².